The summed E-state index contributed by atoms with van der Waals surface area (Å²) in [6.07, 6.45) is 12.1. The van der Waals surface area contributed by atoms with E-state index in [0.717, 1.165) is 28.9 Å². The summed E-state index contributed by atoms with van der Waals surface area (Å²) >= 11 is 1.87. The Balaban J connectivity index is 0.968. The van der Waals surface area contributed by atoms with E-state index in [-0.39, 0.29) is 5.92 Å². The Morgan fingerprint density at radius 2 is 1.10 bits per heavy atom. The molecule has 1 heterocycles. The highest BCUT2D eigenvalue weighted by atomic mass is 32.1. The third-order valence-electron chi connectivity index (χ3n) is 13.5. The highest BCUT2D eigenvalue weighted by molar-refractivity contribution is 7.26. The van der Waals surface area contributed by atoms with Gasteiger partial charge in [-0.1, -0.05) is 202 Å². The molecule has 0 aliphatic heterocycles. The molecular weight excluding hydrogens is 839 g/mol. The van der Waals surface area contributed by atoms with Crippen molar-refractivity contribution in [2.24, 2.45) is 5.92 Å². The quantitative estimate of drug-likeness (QED) is 0.117. The van der Waals surface area contributed by atoms with Gasteiger partial charge in [0.2, 0.25) is 0 Å². The van der Waals surface area contributed by atoms with Crippen molar-refractivity contribution >= 4 is 59.1 Å². The maximum atomic E-state index is 4.81. The van der Waals surface area contributed by atoms with Crippen LogP contribution >= 0.6 is 11.3 Å². The molecule has 2 heteroatoms. The van der Waals surface area contributed by atoms with Crippen LogP contribution in [0.25, 0.3) is 86.6 Å². The topological polar surface area (TPSA) is 3.24 Å². The standard InChI is InChI=1S/C66H51NS/c1-4-47(54-42-55(48-18-7-5-8-19-48)44-56(43-54)49-20-9-6-10-21-49)33-32-46(3)67(57-36-34-51(35-37-57)62-29-17-30-64-63-27-13-14-31-65(63)68-66(62)64)58-38-39-59(45(2)40-58)52-24-15-25-53(41-52)61-28-16-23-50-22-11-12-26-60(50)61/h4-39,41-45H,3,40H2,1-2H3/b33-32-,47-4+. The predicted molar refractivity (Wildman–Crippen MR) is 296 cm³/mol. The maximum absolute atomic E-state index is 4.81. The molecule has 0 N–H and O–H groups in total. The zero-order valence-corrected chi connectivity index (χ0v) is 39.3. The Labute approximate surface area is 404 Å². The average molecular weight is 890 g/mol. The highest BCUT2D eigenvalue weighted by Gasteiger charge is 2.23. The van der Waals surface area contributed by atoms with Crippen LogP contribution in [0, 0.1) is 5.92 Å². The van der Waals surface area contributed by atoms with Crippen LogP contribution in [-0.4, -0.2) is 0 Å². The van der Waals surface area contributed by atoms with Crippen molar-refractivity contribution in [3.05, 3.63) is 272 Å². The Morgan fingerprint density at radius 3 is 1.84 bits per heavy atom. The normalized spacial score (nSPS) is 14.1. The smallest absolute Gasteiger partial charge is 0.0458 e. The average Bonchev–Trinajstić information content (AvgIpc) is 3.79. The summed E-state index contributed by atoms with van der Waals surface area (Å²) in [5, 5.41) is 5.15. The first-order chi connectivity index (χ1) is 33.5. The third-order valence-corrected chi connectivity index (χ3v) is 14.7. The zero-order chi connectivity index (χ0) is 46.0. The number of fused-ring (bicyclic) bond motifs is 4. The minimum atomic E-state index is 0.269. The maximum Gasteiger partial charge on any atom is 0.0458 e. The minimum absolute atomic E-state index is 0.269. The van der Waals surface area contributed by atoms with Crippen LogP contribution in [0.2, 0.25) is 0 Å². The Hall–Kier alpha value is -8.04. The third kappa shape index (κ3) is 8.36. The van der Waals surface area contributed by atoms with Crippen LogP contribution in [0.1, 0.15) is 31.4 Å². The molecule has 0 bridgehead atoms. The van der Waals surface area contributed by atoms with E-state index < -0.39 is 0 Å². The second-order valence-electron chi connectivity index (χ2n) is 17.8. The van der Waals surface area contributed by atoms with Crippen LogP contribution in [-0.2, 0) is 0 Å². The van der Waals surface area contributed by atoms with E-state index in [1.807, 2.05) is 11.3 Å². The van der Waals surface area contributed by atoms with Crippen LogP contribution in [0.4, 0.5) is 5.69 Å². The number of hydrogen-bond donors (Lipinski definition) is 0. The van der Waals surface area contributed by atoms with Gasteiger partial charge in [0, 0.05) is 37.3 Å². The van der Waals surface area contributed by atoms with Gasteiger partial charge in [0.05, 0.1) is 0 Å². The molecule has 9 aromatic carbocycles. The molecule has 0 amide bonds. The summed E-state index contributed by atoms with van der Waals surface area (Å²) in [7, 11) is 0. The molecule has 0 spiro atoms. The Kier molecular flexibility index (Phi) is 11.7. The first kappa shape index (κ1) is 42.6. The lowest BCUT2D eigenvalue weighted by molar-refractivity contribution is 0.711. The largest absolute Gasteiger partial charge is 0.315 e. The molecule has 1 aliphatic rings. The molecule has 1 unspecified atom stereocenters. The van der Waals surface area contributed by atoms with Crippen molar-refractivity contribution in [3.8, 4) is 44.5 Å². The number of anilines is 1. The van der Waals surface area contributed by atoms with Gasteiger partial charge in [-0.2, -0.15) is 0 Å². The molecule has 10 aromatic rings. The summed E-state index contributed by atoms with van der Waals surface area (Å²) in [6, 6.07) is 77.1. The summed E-state index contributed by atoms with van der Waals surface area (Å²) in [4.78, 5) is 2.36. The lowest BCUT2D eigenvalue weighted by atomic mass is 9.85. The fraction of sp³-hybridized carbons (Fsp3) is 0.0606. The molecular formula is C66H51NS. The van der Waals surface area contributed by atoms with Crippen molar-refractivity contribution in [1.82, 2.24) is 0 Å². The first-order valence-electron chi connectivity index (χ1n) is 23.6. The van der Waals surface area contributed by atoms with Gasteiger partial charge in [-0.25, -0.2) is 0 Å². The minimum Gasteiger partial charge on any atom is -0.315 e. The molecule has 1 aromatic heterocycles. The predicted octanol–water partition coefficient (Wildman–Crippen LogP) is 18.9. The monoisotopic (exact) mass is 889 g/mol. The van der Waals surface area contributed by atoms with Gasteiger partial charge in [-0.05, 0) is 151 Å². The summed E-state index contributed by atoms with van der Waals surface area (Å²) in [6.45, 7) is 9.29. The van der Waals surface area contributed by atoms with Gasteiger partial charge in [0.1, 0.15) is 0 Å². The van der Waals surface area contributed by atoms with Crippen LogP contribution in [0.3, 0.4) is 0 Å². The van der Waals surface area contributed by atoms with E-state index in [1.54, 1.807) is 0 Å². The number of rotatable bonds is 11. The van der Waals surface area contributed by atoms with E-state index in [0.29, 0.717) is 0 Å². The Bertz CT molecular complexity index is 3560. The van der Waals surface area contributed by atoms with E-state index in [2.05, 4.69) is 261 Å². The zero-order valence-electron chi connectivity index (χ0n) is 38.4. The van der Waals surface area contributed by atoms with Gasteiger partial charge < -0.3 is 4.90 Å². The van der Waals surface area contributed by atoms with Crippen molar-refractivity contribution in [3.63, 3.8) is 0 Å². The van der Waals surface area contributed by atoms with E-state index >= 15 is 0 Å². The fourth-order valence-electron chi connectivity index (χ4n) is 10.0. The number of hydrogen-bond acceptors (Lipinski definition) is 2. The highest BCUT2D eigenvalue weighted by Crippen LogP contribution is 2.43. The van der Waals surface area contributed by atoms with Crippen LogP contribution < -0.4 is 4.90 Å². The lowest BCUT2D eigenvalue weighted by Crippen LogP contribution is -2.23. The van der Waals surface area contributed by atoms with E-state index in [1.165, 1.54) is 92.3 Å². The van der Waals surface area contributed by atoms with Gasteiger partial charge in [-0.15, -0.1) is 11.3 Å². The van der Waals surface area contributed by atoms with Gasteiger partial charge in [0.25, 0.3) is 0 Å². The summed E-state index contributed by atoms with van der Waals surface area (Å²) in [5.41, 5.74) is 17.8. The molecule has 0 fully saturated rings. The molecule has 0 saturated heterocycles. The number of benzene rings is 9. The van der Waals surface area contributed by atoms with Gasteiger partial charge >= 0.3 is 0 Å². The molecule has 1 nitrogen and oxygen atoms in total. The number of thiophene rings is 1. The van der Waals surface area contributed by atoms with Gasteiger partial charge in [0.15, 0.2) is 0 Å². The first-order valence-corrected chi connectivity index (χ1v) is 24.4. The van der Waals surface area contributed by atoms with Crippen molar-refractivity contribution in [2.45, 2.75) is 20.3 Å². The second kappa shape index (κ2) is 18.7. The summed E-state index contributed by atoms with van der Waals surface area (Å²) in [5.74, 6) is 0.269. The molecule has 1 aliphatic carbocycles. The molecule has 0 radical (unpaired) electrons. The van der Waals surface area contributed by atoms with Crippen LogP contribution in [0.15, 0.2) is 261 Å². The molecule has 326 valence electrons. The van der Waals surface area contributed by atoms with Gasteiger partial charge in [-0.3, -0.25) is 0 Å². The Morgan fingerprint density at radius 1 is 0.515 bits per heavy atom. The molecule has 11 rings (SSSR count). The van der Waals surface area contributed by atoms with Crippen molar-refractivity contribution in [1.29, 1.82) is 0 Å². The molecule has 68 heavy (non-hydrogen) atoms. The van der Waals surface area contributed by atoms with Crippen molar-refractivity contribution in [2.75, 3.05) is 4.90 Å². The second-order valence-corrected chi connectivity index (χ2v) is 18.8. The molecule has 1 atom stereocenters. The van der Waals surface area contributed by atoms with E-state index in [4.69, 9.17) is 6.58 Å². The van der Waals surface area contributed by atoms with Crippen LogP contribution in [0.5, 0.6) is 0 Å². The summed E-state index contributed by atoms with van der Waals surface area (Å²) < 4.78 is 2.64. The SMILES string of the molecule is C=C(/C=C\C(=C/C)c1cc(-c2ccccc2)cc(-c2ccccc2)c1)N(C1=CC=C(c2cccc(-c3cccc4ccccc34)c2)C(C)C1)c1ccc(-c2cccc3c2sc2ccccc23)cc1. The lowest BCUT2D eigenvalue weighted by Gasteiger charge is -2.33. The molecule has 0 saturated carbocycles. The number of allylic oxidation sites excluding steroid dienone is 8. The number of nitrogens with zero attached hydrogens (tertiary/aromatic N) is 1. The van der Waals surface area contributed by atoms with E-state index in [9.17, 15) is 0 Å². The fourth-order valence-corrected chi connectivity index (χ4v) is 11.3. The van der Waals surface area contributed by atoms with Crippen molar-refractivity contribution < 1.29 is 0 Å².